The summed E-state index contributed by atoms with van der Waals surface area (Å²) in [7, 11) is 0. The molecule has 0 aromatic carbocycles. The summed E-state index contributed by atoms with van der Waals surface area (Å²) in [6.07, 6.45) is 57.4. The fourth-order valence-electron chi connectivity index (χ4n) is 7.92. The first-order chi connectivity index (χ1) is 29.0. The number of hydrogen-bond donors (Lipinski definition) is 3. The molecule has 0 saturated carbocycles. The molecular weight excluding hydrogens is 731 g/mol. The Morgan fingerprint density at radius 3 is 1.24 bits per heavy atom. The number of aliphatic hydroxyl groups excluding tert-OH is 2. The molecule has 0 aromatic rings. The molecule has 0 heterocycles. The van der Waals surface area contributed by atoms with Crippen LogP contribution >= 0.6 is 0 Å². The lowest BCUT2D eigenvalue weighted by molar-refractivity contribution is -0.143. The Labute approximate surface area is 367 Å². The van der Waals surface area contributed by atoms with Gasteiger partial charge in [0.2, 0.25) is 5.91 Å². The summed E-state index contributed by atoms with van der Waals surface area (Å²) in [6, 6.07) is -0.642. The number of carbonyl (C=O) groups is 2. The van der Waals surface area contributed by atoms with Gasteiger partial charge in [0, 0.05) is 12.8 Å². The third-order valence-corrected chi connectivity index (χ3v) is 12.0. The third-order valence-electron chi connectivity index (χ3n) is 12.0. The van der Waals surface area contributed by atoms with E-state index in [9.17, 15) is 19.8 Å². The second-order valence-electron chi connectivity index (χ2n) is 17.9. The highest BCUT2D eigenvalue weighted by atomic mass is 16.5. The van der Waals surface area contributed by atoms with Crippen LogP contribution in [0.15, 0.2) is 24.3 Å². The van der Waals surface area contributed by atoms with Crippen LogP contribution in [0.4, 0.5) is 0 Å². The number of nitrogens with one attached hydrogen (secondary N) is 1. The van der Waals surface area contributed by atoms with E-state index in [4.69, 9.17) is 4.74 Å². The van der Waals surface area contributed by atoms with Crippen LogP contribution in [0.3, 0.4) is 0 Å². The minimum Gasteiger partial charge on any atom is -0.466 e. The predicted octanol–water partition coefficient (Wildman–Crippen LogP) is 15.5. The number of rotatable bonds is 48. The van der Waals surface area contributed by atoms with Gasteiger partial charge >= 0.3 is 5.97 Å². The summed E-state index contributed by atoms with van der Waals surface area (Å²) < 4.78 is 5.44. The zero-order chi connectivity index (χ0) is 43.0. The lowest BCUT2D eigenvalue weighted by Crippen LogP contribution is -2.45. The second kappa shape index (κ2) is 49.0. The van der Waals surface area contributed by atoms with E-state index in [0.717, 1.165) is 57.8 Å². The van der Waals surface area contributed by atoms with E-state index in [1.165, 1.54) is 193 Å². The fourth-order valence-corrected chi connectivity index (χ4v) is 7.92. The Bertz CT molecular complexity index is 920. The van der Waals surface area contributed by atoms with Gasteiger partial charge in [0.25, 0.3) is 0 Å². The van der Waals surface area contributed by atoms with Crippen LogP contribution in [0.1, 0.15) is 277 Å². The zero-order valence-electron chi connectivity index (χ0n) is 39.5. The highest BCUT2D eigenvalue weighted by Crippen LogP contribution is 2.16. The molecule has 6 heteroatoms. The molecule has 0 rings (SSSR count). The third kappa shape index (κ3) is 45.7. The van der Waals surface area contributed by atoms with E-state index in [-0.39, 0.29) is 18.5 Å². The lowest BCUT2D eigenvalue weighted by Gasteiger charge is -2.20. The van der Waals surface area contributed by atoms with Crippen molar-refractivity contribution in [2.75, 3.05) is 13.2 Å². The minimum absolute atomic E-state index is 0.0254. The summed E-state index contributed by atoms with van der Waals surface area (Å²) in [5.74, 6) is -0.111. The van der Waals surface area contributed by atoms with Gasteiger partial charge in [-0.3, -0.25) is 9.59 Å². The summed E-state index contributed by atoms with van der Waals surface area (Å²) >= 11 is 0. The Hall–Kier alpha value is -1.66. The first kappa shape index (κ1) is 57.3. The summed E-state index contributed by atoms with van der Waals surface area (Å²) in [6.45, 7) is 4.84. The van der Waals surface area contributed by atoms with Gasteiger partial charge in [-0.1, -0.05) is 231 Å². The van der Waals surface area contributed by atoms with Crippen LogP contribution < -0.4 is 5.32 Å². The molecule has 2 atom stereocenters. The monoisotopic (exact) mass is 832 g/mol. The standard InChI is InChI=1S/C53H101NO5/c1-3-5-7-9-11-13-15-17-18-19-20-21-22-23-25-29-33-37-41-45-51(56)50(49-55)54-52(57)46-42-38-34-30-26-24-28-32-36-40-44-48-59-53(58)47-43-39-35-31-27-16-14-12-10-8-6-4-2/h12,14,41,45,50-51,55-56H,3-11,13,15-40,42-44,46-49H2,1-2H3,(H,54,57)/b14-12-,45-41+. The number of unbranched alkanes of at least 4 members (excludes halogenated alkanes) is 35. The van der Waals surface area contributed by atoms with Crippen molar-refractivity contribution in [3.05, 3.63) is 24.3 Å². The van der Waals surface area contributed by atoms with Crippen LogP contribution in [0, 0.1) is 0 Å². The number of aliphatic hydroxyl groups is 2. The molecule has 59 heavy (non-hydrogen) atoms. The molecule has 6 nitrogen and oxygen atoms in total. The minimum atomic E-state index is -0.857. The van der Waals surface area contributed by atoms with Crippen molar-refractivity contribution >= 4 is 11.9 Å². The second-order valence-corrected chi connectivity index (χ2v) is 17.9. The number of ether oxygens (including phenoxy) is 1. The van der Waals surface area contributed by atoms with E-state index in [1.807, 2.05) is 6.08 Å². The van der Waals surface area contributed by atoms with Gasteiger partial charge < -0.3 is 20.3 Å². The van der Waals surface area contributed by atoms with E-state index < -0.39 is 12.1 Å². The molecule has 3 N–H and O–H groups in total. The number of carbonyl (C=O) groups excluding carboxylic acids is 2. The molecular formula is C53H101NO5. The Morgan fingerprint density at radius 1 is 0.458 bits per heavy atom. The summed E-state index contributed by atoms with van der Waals surface area (Å²) in [4.78, 5) is 24.4. The van der Waals surface area contributed by atoms with Crippen molar-refractivity contribution in [3.8, 4) is 0 Å². The maximum Gasteiger partial charge on any atom is 0.305 e. The molecule has 0 fully saturated rings. The van der Waals surface area contributed by atoms with E-state index >= 15 is 0 Å². The van der Waals surface area contributed by atoms with E-state index in [2.05, 4.69) is 31.3 Å². The van der Waals surface area contributed by atoms with Crippen LogP contribution in [0.5, 0.6) is 0 Å². The van der Waals surface area contributed by atoms with Gasteiger partial charge in [0.1, 0.15) is 0 Å². The van der Waals surface area contributed by atoms with Gasteiger partial charge in [-0.25, -0.2) is 0 Å². The molecule has 0 aliphatic rings. The van der Waals surface area contributed by atoms with Crippen LogP contribution in [-0.4, -0.2) is 47.4 Å². The topological polar surface area (TPSA) is 95.9 Å². The quantitative estimate of drug-likeness (QED) is 0.0322. The SMILES string of the molecule is CCCCC/C=C\CCCCCCCC(=O)OCCCCCCCCCCCCCC(=O)NC(CO)C(O)/C=C/CCCCCCCCCCCCCCCCCCC. The van der Waals surface area contributed by atoms with Gasteiger partial charge in [0.15, 0.2) is 0 Å². The summed E-state index contributed by atoms with van der Waals surface area (Å²) in [5, 5.41) is 23.1. The number of allylic oxidation sites excluding steroid dienone is 3. The molecule has 2 unspecified atom stereocenters. The lowest BCUT2D eigenvalue weighted by atomic mass is 10.0. The fraction of sp³-hybridized carbons (Fsp3) is 0.887. The van der Waals surface area contributed by atoms with E-state index in [1.54, 1.807) is 6.08 Å². The van der Waals surface area contributed by atoms with Crippen molar-refractivity contribution in [1.82, 2.24) is 5.32 Å². The van der Waals surface area contributed by atoms with Crippen LogP contribution in [0.2, 0.25) is 0 Å². The Balaban J connectivity index is 3.52. The molecule has 0 radical (unpaired) electrons. The largest absolute Gasteiger partial charge is 0.466 e. The highest BCUT2D eigenvalue weighted by Gasteiger charge is 2.18. The maximum atomic E-state index is 12.4. The van der Waals surface area contributed by atoms with E-state index in [0.29, 0.717) is 19.4 Å². The van der Waals surface area contributed by atoms with Crippen molar-refractivity contribution in [2.24, 2.45) is 0 Å². The smallest absolute Gasteiger partial charge is 0.305 e. The zero-order valence-corrected chi connectivity index (χ0v) is 39.5. The number of hydrogen-bond acceptors (Lipinski definition) is 5. The molecule has 0 aliphatic carbocycles. The first-order valence-electron chi connectivity index (χ1n) is 26.1. The molecule has 348 valence electrons. The molecule has 0 saturated heterocycles. The Kier molecular flexibility index (Phi) is 47.6. The van der Waals surface area contributed by atoms with Crippen LogP contribution in [-0.2, 0) is 14.3 Å². The normalized spacial score (nSPS) is 12.8. The summed E-state index contributed by atoms with van der Waals surface area (Å²) in [5.41, 5.74) is 0. The predicted molar refractivity (Wildman–Crippen MR) is 255 cm³/mol. The number of amides is 1. The molecule has 0 aliphatic heterocycles. The molecule has 0 aromatic heterocycles. The van der Waals surface area contributed by atoms with Gasteiger partial charge in [-0.2, -0.15) is 0 Å². The first-order valence-corrected chi connectivity index (χ1v) is 26.1. The van der Waals surface area contributed by atoms with Gasteiger partial charge in [0.05, 0.1) is 25.4 Å². The highest BCUT2D eigenvalue weighted by molar-refractivity contribution is 5.76. The van der Waals surface area contributed by atoms with Crippen molar-refractivity contribution < 1.29 is 24.5 Å². The Morgan fingerprint density at radius 2 is 0.797 bits per heavy atom. The average molecular weight is 832 g/mol. The maximum absolute atomic E-state index is 12.4. The van der Waals surface area contributed by atoms with Crippen LogP contribution in [0.25, 0.3) is 0 Å². The van der Waals surface area contributed by atoms with Crippen molar-refractivity contribution in [2.45, 2.75) is 289 Å². The average Bonchev–Trinajstić information content (AvgIpc) is 3.24. The molecule has 0 spiro atoms. The number of esters is 1. The molecule has 1 amide bonds. The van der Waals surface area contributed by atoms with Crippen molar-refractivity contribution in [3.63, 3.8) is 0 Å². The molecule has 0 bridgehead atoms. The van der Waals surface area contributed by atoms with Gasteiger partial charge in [-0.15, -0.1) is 0 Å². The van der Waals surface area contributed by atoms with Crippen molar-refractivity contribution in [1.29, 1.82) is 0 Å². The van der Waals surface area contributed by atoms with Gasteiger partial charge in [-0.05, 0) is 57.8 Å².